The first-order valence-electron chi connectivity index (χ1n) is 5.98. The summed E-state index contributed by atoms with van der Waals surface area (Å²) in [6.45, 7) is 1.40. The molecule has 0 aliphatic carbocycles. The van der Waals surface area contributed by atoms with Crippen LogP contribution in [0, 0.1) is 0 Å². The molecule has 0 amide bonds. The predicted octanol–water partition coefficient (Wildman–Crippen LogP) is 1.06. The predicted molar refractivity (Wildman–Crippen MR) is 67.5 cm³/mol. The molecule has 17 heavy (non-hydrogen) atoms. The number of hydrogen-bond acceptors (Lipinski definition) is 3. The van der Waals surface area contributed by atoms with Crippen molar-refractivity contribution in [2.75, 3.05) is 24.2 Å². The number of anilines is 1. The van der Waals surface area contributed by atoms with Gasteiger partial charge < -0.3 is 5.32 Å². The molecule has 2 aliphatic rings. The lowest BCUT2D eigenvalue weighted by Gasteiger charge is -2.31. The molecule has 1 aromatic rings. The lowest BCUT2D eigenvalue weighted by atomic mass is 10.00. The molecule has 2 aliphatic heterocycles. The summed E-state index contributed by atoms with van der Waals surface area (Å²) in [6, 6.07) is 8.19. The first kappa shape index (κ1) is 11.0. The average Bonchev–Trinajstić information content (AvgIpc) is 2.68. The van der Waals surface area contributed by atoms with Gasteiger partial charge in [0.2, 0.25) is 10.0 Å². The Morgan fingerprint density at radius 1 is 1.29 bits per heavy atom. The van der Waals surface area contributed by atoms with Crippen LogP contribution in [0.3, 0.4) is 0 Å². The summed E-state index contributed by atoms with van der Waals surface area (Å²) in [6.07, 6.45) is 1.59. The zero-order valence-electron chi connectivity index (χ0n) is 9.59. The van der Waals surface area contributed by atoms with E-state index < -0.39 is 10.0 Å². The molecule has 1 N–H and O–H groups in total. The average molecular weight is 252 g/mol. The van der Waals surface area contributed by atoms with Crippen molar-refractivity contribution in [3.05, 3.63) is 29.8 Å². The van der Waals surface area contributed by atoms with Crippen LogP contribution in [0.25, 0.3) is 0 Å². The van der Waals surface area contributed by atoms with Gasteiger partial charge in [0.05, 0.1) is 5.75 Å². The summed E-state index contributed by atoms with van der Waals surface area (Å²) >= 11 is 0. The van der Waals surface area contributed by atoms with Gasteiger partial charge in [-0.2, -0.15) is 4.31 Å². The van der Waals surface area contributed by atoms with E-state index in [1.807, 2.05) is 18.2 Å². The number of benzene rings is 1. The standard InChI is InChI=1S/C12H16N2O2S/c15-17(16)7-3-6-14(17)11-8-10-4-1-2-5-12(10)13-9-11/h1-2,4-5,11,13H,3,6-9H2. The first-order chi connectivity index (χ1) is 8.17. The third-order valence-electron chi connectivity index (χ3n) is 3.55. The highest BCUT2D eigenvalue weighted by Crippen LogP contribution is 2.27. The van der Waals surface area contributed by atoms with Crippen LogP contribution in [-0.2, 0) is 16.4 Å². The zero-order valence-corrected chi connectivity index (χ0v) is 10.4. The fourth-order valence-electron chi connectivity index (χ4n) is 2.70. The second kappa shape index (κ2) is 3.99. The molecule has 0 bridgehead atoms. The van der Waals surface area contributed by atoms with E-state index in [9.17, 15) is 8.42 Å². The molecule has 0 radical (unpaired) electrons. The Morgan fingerprint density at radius 3 is 2.88 bits per heavy atom. The molecular weight excluding hydrogens is 236 g/mol. The Bertz CT molecular complexity index is 527. The van der Waals surface area contributed by atoms with Gasteiger partial charge in [0.15, 0.2) is 0 Å². The van der Waals surface area contributed by atoms with Crippen molar-refractivity contribution >= 4 is 15.7 Å². The van der Waals surface area contributed by atoms with E-state index in [1.165, 1.54) is 5.56 Å². The van der Waals surface area contributed by atoms with Gasteiger partial charge in [-0.15, -0.1) is 0 Å². The largest absolute Gasteiger partial charge is 0.383 e. The van der Waals surface area contributed by atoms with Crippen molar-refractivity contribution in [3.63, 3.8) is 0 Å². The van der Waals surface area contributed by atoms with E-state index in [0.717, 1.165) is 25.1 Å². The monoisotopic (exact) mass is 252 g/mol. The van der Waals surface area contributed by atoms with E-state index in [-0.39, 0.29) is 6.04 Å². The smallest absolute Gasteiger partial charge is 0.214 e. The highest BCUT2D eigenvalue weighted by molar-refractivity contribution is 7.89. The van der Waals surface area contributed by atoms with Crippen LogP contribution in [0.1, 0.15) is 12.0 Å². The number of hydrogen-bond donors (Lipinski definition) is 1. The van der Waals surface area contributed by atoms with Gasteiger partial charge in [0, 0.05) is 24.8 Å². The Balaban J connectivity index is 1.85. The summed E-state index contributed by atoms with van der Waals surface area (Å²) < 4.78 is 25.4. The van der Waals surface area contributed by atoms with Gasteiger partial charge in [0.25, 0.3) is 0 Å². The number of nitrogens with one attached hydrogen (secondary N) is 1. The topological polar surface area (TPSA) is 49.4 Å². The number of fused-ring (bicyclic) bond motifs is 1. The van der Waals surface area contributed by atoms with Crippen molar-refractivity contribution < 1.29 is 8.42 Å². The molecule has 0 aromatic heterocycles. The quantitative estimate of drug-likeness (QED) is 0.813. The second-order valence-corrected chi connectivity index (χ2v) is 6.72. The molecule has 1 atom stereocenters. The molecular formula is C12H16N2O2S. The molecule has 2 heterocycles. The van der Waals surface area contributed by atoms with E-state index in [2.05, 4.69) is 11.4 Å². The molecule has 92 valence electrons. The number of para-hydroxylation sites is 1. The molecule has 5 heteroatoms. The Morgan fingerprint density at radius 2 is 2.12 bits per heavy atom. The van der Waals surface area contributed by atoms with Gasteiger partial charge in [0.1, 0.15) is 0 Å². The maximum Gasteiger partial charge on any atom is 0.214 e. The van der Waals surface area contributed by atoms with Crippen molar-refractivity contribution in [1.29, 1.82) is 0 Å². The lowest BCUT2D eigenvalue weighted by molar-refractivity contribution is 0.345. The highest BCUT2D eigenvalue weighted by Gasteiger charge is 2.35. The molecule has 1 saturated heterocycles. The van der Waals surface area contributed by atoms with E-state index in [1.54, 1.807) is 4.31 Å². The van der Waals surface area contributed by atoms with Crippen LogP contribution in [-0.4, -0.2) is 37.6 Å². The SMILES string of the molecule is O=S1(=O)CCCN1C1CNc2ccccc2C1. The summed E-state index contributed by atoms with van der Waals surface area (Å²) in [4.78, 5) is 0. The van der Waals surface area contributed by atoms with Gasteiger partial charge in [-0.3, -0.25) is 0 Å². The Hall–Kier alpha value is -1.07. The van der Waals surface area contributed by atoms with Crippen molar-refractivity contribution in [2.45, 2.75) is 18.9 Å². The molecule has 0 spiro atoms. The zero-order chi connectivity index (χ0) is 11.9. The van der Waals surface area contributed by atoms with Crippen LogP contribution in [0.2, 0.25) is 0 Å². The van der Waals surface area contributed by atoms with Gasteiger partial charge in [-0.1, -0.05) is 18.2 Å². The summed E-state index contributed by atoms with van der Waals surface area (Å²) in [5, 5.41) is 3.32. The highest BCUT2D eigenvalue weighted by atomic mass is 32.2. The molecule has 0 saturated carbocycles. The minimum atomic E-state index is -3.00. The van der Waals surface area contributed by atoms with Crippen LogP contribution in [0.5, 0.6) is 0 Å². The Labute approximate surface area is 102 Å². The first-order valence-corrected chi connectivity index (χ1v) is 7.59. The van der Waals surface area contributed by atoms with Crippen molar-refractivity contribution in [2.24, 2.45) is 0 Å². The normalized spacial score (nSPS) is 27.4. The van der Waals surface area contributed by atoms with E-state index in [0.29, 0.717) is 12.3 Å². The van der Waals surface area contributed by atoms with Crippen LogP contribution >= 0.6 is 0 Å². The fourth-order valence-corrected chi connectivity index (χ4v) is 4.44. The third-order valence-corrected chi connectivity index (χ3v) is 5.55. The molecule has 4 nitrogen and oxygen atoms in total. The number of sulfonamides is 1. The van der Waals surface area contributed by atoms with Gasteiger partial charge in [-0.05, 0) is 24.5 Å². The molecule has 3 rings (SSSR count). The minimum Gasteiger partial charge on any atom is -0.383 e. The molecule has 1 aromatic carbocycles. The van der Waals surface area contributed by atoms with Gasteiger partial charge >= 0.3 is 0 Å². The Kier molecular flexibility index (Phi) is 2.60. The second-order valence-electron chi connectivity index (χ2n) is 4.68. The number of rotatable bonds is 1. The van der Waals surface area contributed by atoms with E-state index in [4.69, 9.17) is 0 Å². The van der Waals surface area contributed by atoms with Crippen molar-refractivity contribution in [3.8, 4) is 0 Å². The van der Waals surface area contributed by atoms with Crippen LogP contribution < -0.4 is 5.32 Å². The minimum absolute atomic E-state index is 0.0809. The maximum atomic E-state index is 11.9. The van der Waals surface area contributed by atoms with Crippen LogP contribution in [0.4, 0.5) is 5.69 Å². The molecule has 1 fully saturated rings. The van der Waals surface area contributed by atoms with E-state index >= 15 is 0 Å². The summed E-state index contributed by atoms with van der Waals surface area (Å²) in [5.74, 6) is 0.311. The maximum absolute atomic E-state index is 11.9. The fraction of sp³-hybridized carbons (Fsp3) is 0.500. The van der Waals surface area contributed by atoms with Gasteiger partial charge in [-0.25, -0.2) is 8.42 Å². The molecule has 1 unspecified atom stereocenters. The van der Waals surface area contributed by atoms with Crippen molar-refractivity contribution in [1.82, 2.24) is 4.31 Å². The third kappa shape index (κ3) is 1.93. The summed E-state index contributed by atoms with van der Waals surface area (Å²) in [7, 11) is -3.00. The summed E-state index contributed by atoms with van der Waals surface area (Å²) in [5.41, 5.74) is 2.35. The number of nitrogens with zero attached hydrogens (tertiary/aromatic N) is 1. The lowest BCUT2D eigenvalue weighted by Crippen LogP contribution is -2.44. The van der Waals surface area contributed by atoms with Crippen LogP contribution in [0.15, 0.2) is 24.3 Å².